The van der Waals surface area contributed by atoms with Crippen LogP contribution in [0.15, 0.2) is 45.3 Å². The van der Waals surface area contributed by atoms with Gasteiger partial charge in [0.05, 0.1) is 4.47 Å². The number of rotatable bonds is 3. The summed E-state index contributed by atoms with van der Waals surface area (Å²) in [5.74, 6) is -0.258. The third-order valence-electron chi connectivity index (χ3n) is 2.83. The minimum atomic E-state index is -0.258. The smallest absolute Gasteiger partial charge is 0.137 e. The highest BCUT2D eigenvalue weighted by molar-refractivity contribution is 14.1. The molecule has 5 heteroatoms. The first kappa shape index (κ1) is 15.4. The first-order chi connectivity index (χ1) is 8.99. The molecule has 0 radical (unpaired) electrons. The Kier molecular flexibility index (Phi) is 5.39. The second kappa shape index (κ2) is 6.65. The van der Waals surface area contributed by atoms with Crippen LogP contribution in [0.5, 0.6) is 0 Å². The van der Waals surface area contributed by atoms with Crippen LogP contribution in [0.25, 0.3) is 0 Å². The molecule has 2 aromatic carbocycles. The summed E-state index contributed by atoms with van der Waals surface area (Å²) in [6, 6.07) is 10.9. The lowest BCUT2D eigenvalue weighted by Gasteiger charge is -2.15. The lowest BCUT2D eigenvalue weighted by Crippen LogP contribution is -2.14. The SMILES string of the molecule is NC(Cc1cccc(F)c1Br)c1cc(I)ccc1Br. The van der Waals surface area contributed by atoms with E-state index in [4.69, 9.17) is 5.73 Å². The summed E-state index contributed by atoms with van der Waals surface area (Å²) < 4.78 is 16.1. The molecule has 100 valence electrons. The van der Waals surface area contributed by atoms with Crippen molar-refractivity contribution >= 4 is 54.5 Å². The first-order valence-electron chi connectivity index (χ1n) is 5.62. The molecule has 1 nitrogen and oxygen atoms in total. The highest BCUT2D eigenvalue weighted by Gasteiger charge is 2.14. The van der Waals surface area contributed by atoms with Gasteiger partial charge in [0, 0.05) is 14.1 Å². The summed E-state index contributed by atoms with van der Waals surface area (Å²) in [7, 11) is 0. The summed E-state index contributed by atoms with van der Waals surface area (Å²) in [6.45, 7) is 0. The summed E-state index contributed by atoms with van der Waals surface area (Å²) in [5, 5.41) is 0. The summed E-state index contributed by atoms with van der Waals surface area (Å²) in [6.07, 6.45) is 0.580. The van der Waals surface area contributed by atoms with Gasteiger partial charge in [-0.2, -0.15) is 0 Å². The van der Waals surface area contributed by atoms with E-state index in [1.165, 1.54) is 6.07 Å². The van der Waals surface area contributed by atoms with Gasteiger partial charge >= 0.3 is 0 Å². The topological polar surface area (TPSA) is 26.0 Å². The molecule has 0 saturated heterocycles. The van der Waals surface area contributed by atoms with Crippen LogP contribution in [0.1, 0.15) is 17.2 Å². The van der Waals surface area contributed by atoms with E-state index >= 15 is 0 Å². The maximum Gasteiger partial charge on any atom is 0.137 e. The van der Waals surface area contributed by atoms with E-state index in [0.29, 0.717) is 10.9 Å². The van der Waals surface area contributed by atoms with Gasteiger partial charge in [-0.3, -0.25) is 0 Å². The monoisotopic (exact) mass is 497 g/mol. The molecule has 0 fully saturated rings. The molecule has 1 atom stereocenters. The van der Waals surface area contributed by atoms with E-state index in [9.17, 15) is 4.39 Å². The highest BCUT2D eigenvalue weighted by Crippen LogP contribution is 2.29. The maximum absolute atomic E-state index is 13.5. The summed E-state index contributed by atoms with van der Waals surface area (Å²) >= 11 is 9.03. The number of nitrogens with two attached hydrogens (primary N) is 1. The predicted molar refractivity (Wildman–Crippen MR) is 91.6 cm³/mol. The standard InChI is InChI=1S/C14H11Br2FIN/c15-11-5-4-9(18)7-10(11)13(19)6-8-2-1-3-12(17)14(8)16/h1-5,7,13H,6,19H2. The van der Waals surface area contributed by atoms with Crippen molar-refractivity contribution in [3.63, 3.8) is 0 Å². The van der Waals surface area contributed by atoms with Crippen LogP contribution in [0.2, 0.25) is 0 Å². The lowest BCUT2D eigenvalue weighted by atomic mass is 10.00. The van der Waals surface area contributed by atoms with Gasteiger partial charge in [0.15, 0.2) is 0 Å². The number of hydrogen-bond donors (Lipinski definition) is 1. The molecule has 0 aromatic heterocycles. The fourth-order valence-electron chi connectivity index (χ4n) is 1.85. The third kappa shape index (κ3) is 3.77. The Morgan fingerprint density at radius 1 is 1.21 bits per heavy atom. The zero-order chi connectivity index (χ0) is 14.0. The van der Waals surface area contributed by atoms with Crippen molar-refractivity contribution in [1.29, 1.82) is 0 Å². The average molecular weight is 499 g/mol. The Bertz CT molecular complexity index is 604. The molecule has 0 saturated carbocycles. The Morgan fingerprint density at radius 3 is 2.68 bits per heavy atom. The van der Waals surface area contributed by atoms with Gasteiger partial charge in [0.2, 0.25) is 0 Å². The largest absolute Gasteiger partial charge is 0.324 e. The van der Waals surface area contributed by atoms with Gasteiger partial charge in [-0.15, -0.1) is 0 Å². The molecule has 0 aliphatic carbocycles. The van der Waals surface area contributed by atoms with E-state index in [2.05, 4.69) is 54.5 Å². The van der Waals surface area contributed by atoms with Crippen LogP contribution < -0.4 is 5.73 Å². The van der Waals surface area contributed by atoms with Crippen molar-refractivity contribution < 1.29 is 4.39 Å². The zero-order valence-electron chi connectivity index (χ0n) is 9.84. The minimum Gasteiger partial charge on any atom is -0.324 e. The quantitative estimate of drug-likeness (QED) is 0.579. The van der Waals surface area contributed by atoms with Crippen LogP contribution in [0.3, 0.4) is 0 Å². The molecule has 0 aliphatic heterocycles. The zero-order valence-corrected chi connectivity index (χ0v) is 15.2. The molecule has 2 aromatic rings. The number of hydrogen-bond acceptors (Lipinski definition) is 1. The second-order valence-electron chi connectivity index (χ2n) is 4.19. The van der Waals surface area contributed by atoms with E-state index in [-0.39, 0.29) is 11.9 Å². The summed E-state index contributed by atoms with van der Waals surface area (Å²) in [5.41, 5.74) is 8.14. The summed E-state index contributed by atoms with van der Waals surface area (Å²) in [4.78, 5) is 0. The third-order valence-corrected chi connectivity index (χ3v) is 5.11. The Labute approximate surface area is 142 Å². The molecule has 0 amide bonds. The van der Waals surface area contributed by atoms with Gasteiger partial charge in [0.1, 0.15) is 5.82 Å². The van der Waals surface area contributed by atoms with Crippen molar-refractivity contribution in [2.24, 2.45) is 5.73 Å². The number of benzene rings is 2. The molecule has 0 spiro atoms. The van der Waals surface area contributed by atoms with Crippen LogP contribution >= 0.6 is 54.5 Å². The Morgan fingerprint density at radius 2 is 1.95 bits per heavy atom. The van der Waals surface area contributed by atoms with Gasteiger partial charge < -0.3 is 5.73 Å². The van der Waals surface area contributed by atoms with Crippen LogP contribution in [-0.4, -0.2) is 0 Å². The van der Waals surface area contributed by atoms with Crippen molar-refractivity contribution in [2.75, 3.05) is 0 Å². The van der Waals surface area contributed by atoms with E-state index in [1.807, 2.05) is 24.3 Å². The fraction of sp³-hybridized carbons (Fsp3) is 0.143. The van der Waals surface area contributed by atoms with Crippen LogP contribution in [0.4, 0.5) is 4.39 Å². The van der Waals surface area contributed by atoms with Gasteiger partial charge in [0.25, 0.3) is 0 Å². The van der Waals surface area contributed by atoms with E-state index in [1.54, 1.807) is 6.07 Å². The lowest BCUT2D eigenvalue weighted by molar-refractivity contribution is 0.614. The number of halogens is 4. The molecule has 0 heterocycles. The first-order valence-corrected chi connectivity index (χ1v) is 8.29. The van der Waals surface area contributed by atoms with E-state index < -0.39 is 0 Å². The maximum atomic E-state index is 13.5. The highest BCUT2D eigenvalue weighted by atomic mass is 127. The van der Waals surface area contributed by atoms with Crippen molar-refractivity contribution in [3.05, 3.63) is 65.9 Å². The minimum absolute atomic E-state index is 0.179. The van der Waals surface area contributed by atoms with Crippen molar-refractivity contribution in [1.82, 2.24) is 0 Å². The molecule has 1 unspecified atom stereocenters. The Balaban J connectivity index is 2.28. The normalized spacial score (nSPS) is 12.5. The predicted octanol–water partition coefficient (Wildman–Crippen LogP) is 5.20. The molecule has 2 rings (SSSR count). The van der Waals surface area contributed by atoms with E-state index in [0.717, 1.165) is 19.2 Å². The van der Waals surface area contributed by atoms with Crippen molar-refractivity contribution in [2.45, 2.75) is 12.5 Å². The average Bonchev–Trinajstić information content (AvgIpc) is 2.38. The van der Waals surface area contributed by atoms with Crippen molar-refractivity contribution in [3.8, 4) is 0 Å². The van der Waals surface area contributed by atoms with Gasteiger partial charge in [-0.25, -0.2) is 4.39 Å². The van der Waals surface area contributed by atoms with Gasteiger partial charge in [-0.05, 0) is 80.3 Å². The van der Waals surface area contributed by atoms with Gasteiger partial charge in [-0.1, -0.05) is 28.1 Å². The molecule has 0 aliphatic rings. The molecular formula is C14H11Br2FIN. The fourth-order valence-corrected chi connectivity index (χ4v) is 3.33. The molecule has 0 bridgehead atoms. The molecule has 19 heavy (non-hydrogen) atoms. The van der Waals surface area contributed by atoms with Crippen LogP contribution in [0, 0.1) is 9.39 Å². The van der Waals surface area contributed by atoms with Crippen LogP contribution in [-0.2, 0) is 6.42 Å². The Hall–Kier alpha value is 0.0200. The second-order valence-corrected chi connectivity index (χ2v) is 7.08. The molecular weight excluding hydrogens is 488 g/mol. The molecule has 2 N–H and O–H groups in total.